The number of fused-ring (bicyclic) bond motifs is 1. The van der Waals surface area contributed by atoms with Crippen LogP contribution >= 0.6 is 0 Å². The van der Waals surface area contributed by atoms with Crippen LogP contribution in [0.15, 0.2) is 35.3 Å². The zero-order chi connectivity index (χ0) is 8.55. The molecule has 4 nitrogen and oxygen atoms in total. The number of aromatic nitrogens is 2. The summed E-state index contributed by atoms with van der Waals surface area (Å²) in [5, 5.41) is 0.798. The maximum Gasteiger partial charge on any atom is 0.368 e. The van der Waals surface area contributed by atoms with Crippen LogP contribution in [0.1, 0.15) is 0 Å². The Labute approximate surface area is 68.2 Å². The van der Waals surface area contributed by atoms with Crippen molar-refractivity contribution in [2.24, 2.45) is 0 Å². The average molecular weight is 160 g/mol. The zero-order valence-corrected chi connectivity index (χ0v) is 6.19. The van der Waals surface area contributed by atoms with Gasteiger partial charge in [0.2, 0.25) is 0 Å². The van der Waals surface area contributed by atoms with Crippen molar-refractivity contribution in [3.8, 4) is 0 Å². The highest BCUT2D eigenvalue weighted by Crippen LogP contribution is 2.05. The van der Waals surface area contributed by atoms with Crippen molar-refractivity contribution in [1.29, 1.82) is 0 Å². The molecular weight excluding hydrogens is 154 g/mol. The molecule has 2 rings (SSSR count). The zero-order valence-electron chi connectivity index (χ0n) is 6.19. The number of nitrogens with one attached hydrogen (secondary N) is 1. The summed E-state index contributed by atoms with van der Waals surface area (Å²) in [5.74, 6) is 7.14. The highest BCUT2D eigenvalue weighted by atomic mass is 16.1. The van der Waals surface area contributed by atoms with Crippen molar-refractivity contribution in [2.75, 3.05) is 0 Å². The molecule has 0 aliphatic heterocycles. The Balaban J connectivity index is 2.93. The predicted octanol–water partition coefficient (Wildman–Crippen LogP) is 0.442. The molecule has 1 N–H and O–H groups in total. The number of para-hydroxylation sites is 1. The third-order valence-corrected chi connectivity index (χ3v) is 1.63. The van der Waals surface area contributed by atoms with E-state index in [-0.39, 0.29) is 0 Å². The summed E-state index contributed by atoms with van der Waals surface area (Å²) < 4.78 is 0.725. The lowest BCUT2D eigenvalue weighted by Gasteiger charge is -1.96. The summed E-state index contributed by atoms with van der Waals surface area (Å²) in [6, 6.07) is 7.21. The lowest BCUT2D eigenvalue weighted by Crippen LogP contribution is -2.21. The van der Waals surface area contributed by atoms with E-state index in [9.17, 15) is 4.79 Å². The molecule has 0 aliphatic carbocycles. The number of hydrogen-bond donors (Lipinski definition) is 0. The van der Waals surface area contributed by atoms with Gasteiger partial charge in [-0.25, -0.2) is 10.6 Å². The molecule has 0 fully saturated rings. The first-order valence-electron chi connectivity index (χ1n) is 3.47. The first-order chi connectivity index (χ1) is 5.77. The van der Waals surface area contributed by atoms with E-state index < -0.39 is 5.69 Å². The van der Waals surface area contributed by atoms with E-state index in [1.807, 2.05) is 18.2 Å². The quantitative estimate of drug-likeness (QED) is 0.561. The molecule has 1 radical (unpaired) electrons. The third kappa shape index (κ3) is 0.934. The van der Waals surface area contributed by atoms with Gasteiger partial charge in [-0.2, -0.15) is 9.66 Å². The van der Waals surface area contributed by atoms with Gasteiger partial charge in [-0.3, -0.25) is 0 Å². The fourth-order valence-corrected chi connectivity index (χ4v) is 1.05. The van der Waals surface area contributed by atoms with Crippen molar-refractivity contribution >= 4 is 10.9 Å². The highest BCUT2D eigenvalue weighted by Gasteiger charge is 1.96. The topological polar surface area (TPSA) is 58.7 Å². The smallest absolute Gasteiger partial charge is 0.244 e. The third-order valence-electron chi connectivity index (χ3n) is 1.63. The van der Waals surface area contributed by atoms with Gasteiger partial charge in [-0.05, 0) is 6.07 Å². The van der Waals surface area contributed by atoms with Crippen LogP contribution in [-0.2, 0) is 0 Å². The fraction of sp³-hybridized carbons (Fsp3) is 0. The Morgan fingerprint density at radius 3 is 2.92 bits per heavy atom. The Hall–Kier alpha value is -1.84. The van der Waals surface area contributed by atoms with Gasteiger partial charge in [0, 0.05) is 11.6 Å². The molecule has 0 atom stereocenters. The number of rotatable bonds is 0. The molecule has 0 aliphatic rings. The standard InChI is InChI=1S/C8H6N3O/c9-11-5-6-3-1-2-4-7(6)10-8(11)12/h1-5,9H. The molecule has 2 aromatic rings. The van der Waals surface area contributed by atoms with Crippen LogP contribution in [0, 0.1) is 0 Å². The van der Waals surface area contributed by atoms with Crippen LogP contribution in [0.2, 0.25) is 0 Å². The largest absolute Gasteiger partial charge is 0.368 e. The molecule has 1 heterocycles. The Morgan fingerprint density at radius 2 is 2.08 bits per heavy atom. The maximum atomic E-state index is 10.9. The maximum absolute atomic E-state index is 10.9. The monoisotopic (exact) mass is 160 g/mol. The van der Waals surface area contributed by atoms with Crippen molar-refractivity contribution in [2.45, 2.75) is 0 Å². The van der Waals surface area contributed by atoms with Crippen molar-refractivity contribution in [3.63, 3.8) is 0 Å². The van der Waals surface area contributed by atoms with Gasteiger partial charge in [0.05, 0.1) is 5.52 Å². The minimum absolute atomic E-state index is 0.547. The van der Waals surface area contributed by atoms with Gasteiger partial charge in [-0.1, -0.05) is 18.2 Å². The van der Waals surface area contributed by atoms with Crippen molar-refractivity contribution in [3.05, 3.63) is 40.9 Å². The van der Waals surface area contributed by atoms with E-state index in [0.717, 1.165) is 10.1 Å². The van der Waals surface area contributed by atoms with Crippen molar-refractivity contribution < 1.29 is 0 Å². The van der Waals surface area contributed by atoms with Crippen molar-refractivity contribution in [1.82, 2.24) is 15.5 Å². The second-order valence-electron chi connectivity index (χ2n) is 2.45. The molecule has 0 bridgehead atoms. The van der Waals surface area contributed by atoms with Crippen LogP contribution in [0.25, 0.3) is 10.9 Å². The van der Waals surface area contributed by atoms with Gasteiger partial charge in [0.1, 0.15) is 0 Å². The number of hydrogen-bond acceptors (Lipinski definition) is 2. The Kier molecular flexibility index (Phi) is 1.33. The minimum Gasteiger partial charge on any atom is -0.244 e. The predicted molar refractivity (Wildman–Crippen MR) is 44.5 cm³/mol. The second-order valence-corrected chi connectivity index (χ2v) is 2.45. The summed E-state index contributed by atoms with van der Waals surface area (Å²) in [6.45, 7) is 0. The summed E-state index contributed by atoms with van der Waals surface area (Å²) >= 11 is 0. The van der Waals surface area contributed by atoms with Crippen LogP contribution in [-0.4, -0.2) is 9.66 Å². The van der Waals surface area contributed by atoms with Crippen LogP contribution in [0.5, 0.6) is 0 Å². The molecule has 4 heteroatoms. The second kappa shape index (κ2) is 2.34. The van der Waals surface area contributed by atoms with Gasteiger partial charge in [-0.15, -0.1) is 0 Å². The normalized spacial score (nSPS) is 10.3. The van der Waals surface area contributed by atoms with E-state index in [4.69, 9.17) is 5.84 Å². The van der Waals surface area contributed by atoms with Crippen LogP contribution in [0.3, 0.4) is 0 Å². The van der Waals surface area contributed by atoms with E-state index in [1.54, 1.807) is 6.07 Å². The molecule has 0 unspecified atom stereocenters. The van der Waals surface area contributed by atoms with Crippen LogP contribution < -0.4 is 11.5 Å². The van der Waals surface area contributed by atoms with Crippen LogP contribution in [0.4, 0.5) is 0 Å². The summed E-state index contributed by atoms with van der Waals surface area (Å²) in [5.41, 5.74) is 0.0831. The molecular formula is C8H6N3O. The molecule has 1 aromatic carbocycles. The number of nitrogens with zero attached hydrogens (tertiary/aromatic N) is 2. The lowest BCUT2D eigenvalue weighted by atomic mass is 10.2. The minimum atomic E-state index is -0.547. The van der Waals surface area contributed by atoms with Gasteiger partial charge >= 0.3 is 5.69 Å². The van der Waals surface area contributed by atoms with Gasteiger partial charge in [0.25, 0.3) is 0 Å². The van der Waals surface area contributed by atoms with E-state index in [1.165, 1.54) is 6.20 Å². The van der Waals surface area contributed by atoms with Gasteiger partial charge in [0.15, 0.2) is 0 Å². The SMILES string of the molecule is [NH]n1cc2ccccc2nc1=O. The molecule has 12 heavy (non-hydrogen) atoms. The Bertz CT molecular complexity index is 475. The lowest BCUT2D eigenvalue weighted by molar-refractivity contribution is 0.765. The molecule has 0 saturated heterocycles. The van der Waals surface area contributed by atoms with E-state index in [2.05, 4.69) is 4.98 Å². The summed E-state index contributed by atoms with van der Waals surface area (Å²) in [4.78, 5) is 14.6. The van der Waals surface area contributed by atoms with E-state index in [0.29, 0.717) is 5.52 Å². The first kappa shape index (κ1) is 6.84. The number of benzene rings is 1. The molecule has 0 spiro atoms. The van der Waals surface area contributed by atoms with E-state index >= 15 is 0 Å². The average Bonchev–Trinajstić information content (AvgIpc) is 2.07. The fourth-order valence-electron chi connectivity index (χ4n) is 1.05. The summed E-state index contributed by atoms with van der Waals surface area (Å²) in [7, 11) is 0. The van der Waals surface area contributed by atoms with Gasteiger partial charge < -0.3 is 0 Å². The first-order valence-corrected chi connectivity index (χ1v) is 3.47. The highest BCUT2D eigenvalue weighted by molar-refractivity contribution is 5.76. The molecule has 0 saturated carbocycles. The summed E-state index contributed by atoms with van der Waals surface area (Å²) in [6.07, 6.45) is 1.45. The molecule has 1 aromatic heterocycles. The molecule has 59 valence electrons. The Morgan fingerprint density at radius 1 is 1.33 bits per heavy atom. The molecule has 0 amide bonds.